The zero-order valence-corrected chi connectivity index (χ0v) is 29.8. The van der Waals surface area contributed by atoms with Crippen molar-refractivity contribution in [3.8, 4) is 22.6 Å². The minimum atomic E-state index is -5.07. The van der Waals surface area contributed by atoms with Crippen LogP contribution in [0.3, 0.4) is 0 Å². The summed E-state index contributed by atoms with van der Waals surface area (Å²) in [6.45, 7) is -0.856. The van der Waals surface area contributed by atoms with Gasteiger partial charge in [0.05, 0.1) is 35.6 Å². The molecule has 3 amide bonds. The number of hydrogen-bond acceptors (Lipinski definition) is 8. The third-order valence-corrected chi connectivity index (χ3v) is 9.32. The lowest BCUT2D eigenvalue weighted by atomic mass is 10.0. The van der Waals surface area contributed by atoms with E-state index < -0.39 is 74.8 Å². The molecule has 5 aromatic rings. The monoisotopic (exact) mass is 787 g/mol. The molecular formula is C36H30ClF4N5O7S. The average Bonchev–Trinajstić information content (AvgIpc) is 3.60. The fraction of sp³-hybridized carbons (Fsp3) is 0.167. The summed E-state index contributed by atoms with van der Waals surface area (Å²) in [5.74, 6) is -4.10. The summed E-state index contributed by atoms with van der Waals surface area (Å²) in [6.07, 6.45) is -4.08. The van der Waals surface area contributed by atoms with Gasteiger partial charge in [0.15, 0.2) is 15.5 Å². The summed E-state index contributed by atoms with van der Waals surface area (Å²) in [6, 6.07) is 18.1. The molecular weight excluding hydrogens is 758 g/mol. The molecule has 12 nitrogen and oxygen atoms in total. The van der Waals surface area contributed by atoms with E-state index in [-0.39, 0.29) is 34.0 Å². The van der Waals surface area contributed by atoms with Crippen molar-refractivity contribution in [2.75, 3.05) is 25.3 Å². The van der Waals surface area contributed by atoms with Crippen molar-refractivity contribution >= 4 is 44.8 Å². The molecule has 0 aliphatic rings. The number of amides is 3. The molecule has 4 aromatic carbocycles. The molecule has 54 heavy (non-hydrogen) atoms. The number of aliphatic hydroxyl groups is 1. The molecule has 1 atom stereocenters. The van der Waals surface area contributed by atoms with E-state index in [1.54, 1.807) is 30.3 Å². The highest BCUT2D eigenvalue weighted by atomic mass is 35.5. The van der Waals surface area contributed by atoms with Crippen LogP contribution in [0.4, 0.5) is 23.2 Å². The van der Waals surface area contributed by atoms with E-state index in [9.17, 15) is 41.1 Å². The van der Waals surface area contributed by atoms with Crippen LogP contribution in [-0.4, -0.2) is 67.0 Å². The number of nitrogens with one attached hydrogen (secondary N) is 3. The first kappa shape index (κ1) is 39.4. The van der Waals surface area contributed by atoms with Crippen LogP contribution < -0.4 is 20.7 Å². The fourth-order valence-corrected chi connectivity index (χ4v) is 6.25. The smallest absolute Gasteiger partial charge is 0.435 e. The Morgan fingerprint density at radius 2 is 1.67 bits per heavy atom. The van der Waals surface area contributed by atoms with Crippen molar-refractivity contribution in [1.29, 1.82) is 0 Å². The first-order valence-electron chi connectivity index (χ1n) is 15.7. The Kier molecular flexibility index (Phi) is 11.7. The molecule has 0 unspecified atom stereocenters. The maximum absolute atomic E-state index is 15.4. The second kappa shape index (κ2) is 16.1. The van der Waals surface area contributed by atoms with Crippen LogP contribution in [0.25, 0.3) is 16.8 Å². The molecule has 18 heteroatoms. The van der Waals surface area contributed by atoms with E-state index in [1.165, 1.54) is 37.4 Å². The van der Waals surface area contributed by atoms with Crippen molar-refractivity contribution in [3.05, 3.63) is 124 Å². The van der Waals surface area contributed by atoms with Gasteiger partial charge in [-0.15, -0.1) is 0 Å². The number of anilines is 1. The van der Waals surface area contributed by atoms with E-state index >= 15 is 4.39 Å². The van der Waals surface area contributed by atoms with Crippen LogP contribution >= 0.6 is 11.6 Å². The maximum Gasteiger partial charge on any atom is 0.435 e. The molecule has 0 spiro atoms. The third kappa shape index (κ3) is 9.05. The number of sulfone groups is 1. The number of aromatic nitrogens is 2. The van der Waals surface area contributed by atoms with Gasteiger partial charge in [-0.25, -0.2) is 17.5 Å². The van der Waals surface area contributed by atoms with Crippen molar-refractivity contribution in [2.45, 2.75) is 23.7 Å². The lowest BCUT2D eigenvalue weighted by Crippen LogP contribution is -2.48. The molecule has 0 aliphatic carbocycles. The lowest BCUT2D eigenvalue weighted by Gasteiger charge is -2.19. The number of rotatable bonds is 12. The van der Waals surface area contributed by atoms with Crippen molar-refractivity contribution in [1.82, 2.24) is 20.4 Å². The van der Waals surface area contributed by atoms with Gasteiger partial charge in [-0.05, 0) is 59.7 Å². The molecule has 1 aromatic heterocycles. The van der Waals surface area contributed by atoms with Gasteiger partial charge in [-0.3, -0.25) is 14.4 Å². The molecule has 282 valence electrons. The van der Waals surface area contributed by atoms with Gasteiger partial charge >= 0.3 is 6.18 Å². The predicted octanol–water partition coefficient (Wildman–Crippen LogP) is 5.42. The molecule has 1 heterocycles. The highest BCUT2D eigenvalue weighted by Crippen LogP contribution is 2.33. The first-order valence-corrected chi connectivity index (χ1v) is 18.0. The first-order chi connectivity index (χ1) is 25.5. The Morgan fingerprint density at radius 1 is 0.963 bits per heavy atom. The molecule has 0 fully saturated rings. The Morgan fingerprint density at radius 3 is 2.30 bits per heavy atom. The van der Waals surface area contributed by atoms with Crippen LogP contribution in [0.5, 0.6) is 5.75 Å². The van der Waals surface area contributed by atoms with E-state index in [1.807, 2.05) is 0 Å². The van der Waals surface area contributed by atoms with Gasteiger partial charge in [0.25, 0.3) is 11.8 Å². The second-order valence-corrected chi connectivity index (χ2v) is 14.1. The molecule has 0 saturated heterocycles. The minimum absolute atomic E-state index is 0.00994. The molecule has 4 N–H and O–H groups in total. The van der Waals surface area contributed by atoms with Crippen LogP contribution in [0.2, 0.25) is 5.02 Å². The van der Waals surface area contributed by atoms with Crippen molar-refractivity contribution in [2.24, 2.45) is 0 Å². The van der Waals surface area contributed by atoms with Gasteiger partial charge < -0.3 is 25.8 Å². The number of methoxy groups -OCH3 is 1. The number of halogens is 5. The van der Waals surface area contributed by atoms with Crippen LogP contribution in [0, 0.1) is 5.82 Å². The zero-order valence-electron chi connectivity index (χ0n) is 28.2. The lowest BCUT2D eigenvalue weighted by molar-refractivity contribution is -0.141. The number of carbonyl (C=O) groups excluding carboxylic acids is 3. The Labute approximate surface area is 310 Å². The van der Waals surface area contributed by atoms with Crippen LogP contribution in [0.15, 0.2) is 95.9 Å². The van der Waals surface area contributed by atoms with Gasteiger partial charge in [0.1, 0.15) is 23.3 Å². The van der Waals surface area contributed by atoms with Crippen LogP contribution in [0.1, 0.15) is 32.1 Å². The number of carbonyl (C=O) groups is 3. The number of ether oxygens (including phenoxy) is 1. The topological polar surface area (TPSA) is 169 Å². The van der Waals surface area contributed by atoms with Crippen molar-refractivity contribution in [3.63, 3.8) is 0 Å². The number of hydrogen-bond donors (Lipinski definition) is 4. The fourth-order valence-electron chi connectivity index (χ4n) is 5.22. The van der Waals surface area contributed by atoms with E-state index in [0.717, 1.165) is 30.5 Å². The number of aliphatic hydroxyl groups excluding tert-OH is 1. The summed E-state index contributed by atoms with van der Waals surface area (Å²) in [5.41, 5.74) is -2.58. The number of alkyl halides is 3. The van der Waals surface area contributed by atoms with Gasteiger partial charge in [-0.2, -0.15) is 18.3 Å². The van der Waals surface area contributed by atoms with E-state index in [2.05, 4.69) is 21.0 Å². The SMILES string of the molecule is COc1ccc(-n2nc(C(F)(F)F)cc2C(=O)Nc2ccc(-c3ccccc3S(C)(=O)=O)cc2F)c(C(=O)N[C@@H](CO)C(=O)NCc2ccc(Cl)cc2)c1. The maximum atomic E-state index is 15.4. The Balaban J connectivity index is 1.47. The summed E-state index contributed by atoms with van der Waals surface area (Å²) in [4.78, 5) is 40.0. The molecule has 0 bridgehead atoms. The van der Waals surface area contributed by atoms with E-state index in [4.69, 9.17) is 16.3 Å². The number of benzene rings is 4. The summed E-state index contributed by atoms with van der Waals surface area (Å²) in [5, 5.41) is 21.0. The zero-order chi connectivity index (χ0) is 39.4. The summed E-state index contributed by atoms with van der Waals surface area (Å²) >= 11 is 5.88. The number of nitrogens with zero attached hydrogens (tertiary/aromatic N) is 2. The summed E-state index contributed by atoms with van der Waals surface area (Å²) < 4.78 is 87.6. The van der Waals surface area contributed by atoms with Gasteiger partial charge in [-0.1, -0.05) is 48.0 Å². The normalized spacial score (nSPS) is 12.1. The van der Waals surface area contributed by atoms with Gasteiger partial charge in [0, 0.05) is 29.5 Å². The molecule has 0 radical (unpaired) electrons. The average molecular weight is 788 g/mol. The minimum Gasteiger partial charge on any atom is -0.497 e. The highest BCUT2D eigenvalue weighted by molar-refractivity contribution is 7.90. The molecule has 0 saturated carbocycles. The third-order valence-electron chi connectivity index (χ3n) is 7.91. The quantitative estimate of drug-likeness (QED) is 0.122. The largest absolute Gasteiger partial charge is 0.497 e. The summed E-state index contributed by atoms with van der Waals surface area (Å²) in [7, 11) is -2.45. The Hall–Kier alpha value is -5.78. The van der Waals surface area contributed by atoms with Gasteiger partial charge in [0.2, 0.25) is 5.91 Å². The molecule has 0 aliphatic heterocycles. The van der Waals surface area contributed by atoms with Crippen LogP contribution in [-0.2, 0) is 27.4 Å². The molecule has 5 rings (SSSR count). The predicted molar refractivity (Wildman–Crippen MR) is 190 cm³/mol. The van der Waals surface area contributed by atoms with Crippen molar-refractivity contribution < 1.29 is 50.2 Å². The second-order valence-electron chi connectivity index (χ2n) is 11.7. The standard InChI is InChI=1S/C36H30ClF4N5O7S/c1-53-23-12-14-29(25(16-23)33(48)44-28(19-47)34(49)42-18-20-7-10-22(37)11-8-20)46-30(17-32(45-46)36(39,40)41)35(50)43-27-13-9-21(15-26(27)38)24-5-3-4-6-31(24)54(2,51)52/h3-17,28,47H,18-19H2,1-2H3,(H,42,49)(H,43,50)(H,44,48)/t28-/m0/s1. The van der Waals surface area contributed by atoms with E-state index in [0.29, 0.717) is 21.3 Å². The highest BCUT2D eigenvalue weighted by Gasteiger charge is 2.37. The Bertz CT molecular complexity index is 2330.